The average Bonchev–Trinajstić information content (AvgIpc) is 2.58. The predicted octanol–water partition coefficient (Wildman–Crippen LogP) is 0.496. The molecule has 0 saturated carbocycles. The molecule has 0 spiro atoms. The second-order valence-electron chi connectivity index (χ2n) is 3.76. The van der Waals surface area contributed by atoms with Crippen LogP contribution >= 0.6 is 11.3 Å². The molecule has 2 atom stereocenters. The number of likely N-dealkylation sites (tertiary alicyclic amines) is 1. The Balaban J connectivity index is 2.22. The topological polar surface area (TPSA) is 49.0 Å². The van der Waals surface area contributed by atoms with Crippen LogP contribution in [0.1, 0.15) is 17.8 Å². The number of nitrogens with one attached hydrogen (secondary N) is 1. The van der Waals surface area contributed by atoms with Gasteiger partial charge in [0, 0.05) is 19.0 Å². The fourth-order valence-corrected chi connectivity index (χ4v) is 2.76. The van der Waals surface area contributed by atoms with Gasteiger partial charge in [-0.15, -0.1) is 0 Å². The molecule has 1 fully saturated rings. The lowest BCUT2D eigenvalue weighted by Gasteiger charge is -2.08. The molecule has 1 aromatic rings. The third kappa shape index (κ3) is 1.66. The highest BCUT2D eigenvalue weighted by atomic mass is 32.1. The van der Waals surface area contributed by atoms with Crippen LogP contribution < -0.4 is 4.87 Å². The Morgan fingerprint density at radius 1 is 1.62 bits per heavy atom. The molecule has 2 rings (SSSR count). The summed E-state index contributed by atoms with van der Waals surface area (Å²) < 4.78 is 0. The molecule has 5 heteroatoms. The van der Waals surface area contributed by atoms with Crippen molar-refractivity contribution in [2.45, 2.75) is 12.8 Å². The van der Waals surface area contributed by atoms with Crippen LogP contribution in [0.2, 0.25) is 0 Å². The van der Waals surface area contributed by atoms with Gasteiger partial charge in [0.05, 0.1) is 0 Å². The van der Waals surface area contributed by atoms with Crippen molar-refractivity contribution in [3.05, 3.63) is 14.7 Å². The highest BCUT2D eigenvalue weighted by Gasteiger charge is 2.30. The minimum atomic E-state index is -0.0447. The van der Waals surface area contributed by atoms with Crippen molar-refractivity contribution in [3.63, 3.8) is 0 Å². The van der Waals surface area contributed by atoms with Crippen molar-refractivity contribution in [2.24, 2.45) is 5.92 Å². The van der Waals surface area contributed by atoms with Crippen LogP contribution in [-0.2, 0) is 0 Å². The number of nitrogens with zero attached hydrogens (tertiary/aromatic N) is 2. The Bertz CT molecular complexity index is 345. The Morgan fingerprint density at radius 2 is 2.38 bits per heavy atom. The third-order valence-electron chi connectivity index (χ3n) is 2.57. The summed E-state index contributed by atoms with van der Waals surface area (Å²) in [6, 6.07) is 0. The van der Waals surface area contributed by atoms with Crippen molar-refractivity contribution >= 4 is 11.3 Å². The lowest BCUT2D eigenvalue weighted by molar-refractivity contribution is 0.401. The monoisotopic (exact) mass is 199 g/mol. The molecule has 0 aliphatic carbocycles. The van der Waals surface area contributed by atoms with Crippen LogP contribution in [0, 0.1) is 5.92 Å². The molecular weight excluding hydrogens is 186 g/mol. The Labute approximate surface area is 80.6 Å². The molecular formula is C8H13N3OS. The summed E-state index contributed by atoms with van der Waals surface area (Å²) in [5, 5.41) is 7.47. The van der Waals surface area contributed by atoms with E-state index in [1.165, 1.54) is 11.3 Å². The smallest absolute Gasteiger partial charge is 0.305 e. The molecule has 2 heterocycles. The zero-order chi connectivity index (χ0) is 9.42. The highest BCUT2D eigenvalue weighted by molar-refractivity contribution is 7.08. The number of aromatic amines is 1. The van der Waals surface area contributed by atoms with E-state index in [2.05, 4.69) is 29.1 Å². The largest absolute Gasteiger partial charge is 0.322 e. The van der Waals surface area contributed by atoms with Gasteiger partial charge >= 0.3 is 4.87 Å². The second kappa shape index (κ2) is 3.23. The zero-order valence-corrected chi connectivity index (χ0v) is 8.60. The van der Waals surface area contributed by atoms with Crippen LogP contribution in [0.25, 0.3) is 0 Å². The maximum Gasteiger partial charge on any atom is 0.322 e. The fourth-order valence-electron chi connectivity index (χ4n) is 1.93. The normalized spacial score (nSPS) is 29.7. The van der Waals surface area contributed by atoms with E-state index in [1.54, 1.807) is 0 Å². The van der Waals surface area contributed by atoms with E-state index in [-0.39, 0.29) is 4.87 Å². The summed E-state index contributed by atoms with van der Waals surface area (Å²) in [6.45, 7) is 4.32. The van der Waals surface area contributed by atoms with Gasteiger partial charge in [-0.05, 0) is 13.0 Å². The minimum Gasteiger partial charge on any atom is -0.305 e. The van der Waals surface area contributed by atoms with Gasteiger partial charge in [0.15, 0.2) is 0 Å². The number of rotatable bonds is 1. The third-order valence-corrected chi connectivity index (χ3v) is 3.45. The van der Waals surface area contributed by atoms with Crippen molar-refractivity contribution < 1.29 is 0 Å². The van der Waals surface area contributed by atoms with E-state index in [0.29, 0.717) is 11.8 Å². The van der Waals surface area contributed by atoms with Gasteiger partial charge in [-0.3, -0.25) is 4.79 Å². The molecule has 1 aromatic heterocycles. The maximum atomic E-state index is 10.9. The number of hydrogen-bond donors (Lipinski definition) is 1. The Hall–Kier alpha value is -0.680. The molecule has 1 N–H and O–H groups in total. The van der Waals surface area contributed by atoms with Crippen LogP contribution in [0.15, 0.2) is 4.79 Å². The van der Waals surface area contributed by atoms with Crippen LogP contribution in [0.4, 0.5) is 0 Å². The van der Waals surface area contributed by atoms with Crippen LogP contribution in [0.3, 0.4) is 0 Å². The SMILES string of the molecule is C[C@@H]1CN(C)CC1c1n[nH]c(=O)s1. The molecule has 1 unspecified atom stereocenters. The number of aromatic nitrogens is 2. The fraction of sp³-hybridized carbons (Fsp3) is 0.750. The summed E-state index contributed by atoms with van der Waals surface area (Å²) >= 11 is 1.24. The van der Waals surface area contributed by atoms with E-state index in [0.717, 1.165) is 18.1 Å². The van der Waals surface area contributed by atoms with Crippen LogP contribution in [-0.4, -0.2) is 35.2 Å². The van der Waals surface area contributed by atoms with Gasteiger partial charge in [0.2, 0.25) is 0 Å². The summed E-state index contributed by atoms with van der Waals surface area (Å²) in [7, 11) is 2.10. The summed E-state index contributed by atoms with van der Waals surface area (Å²) in [6.07, 6.45) is 0. The van der Waals surface area contributed by atoms with E-state index in [9.17, 15) is 4.79 Å². The molecule has 0 amide bonds. The molecule has 0 bridgehead atoms. The standard InChI is InChI=1S/C8H13N3OS/c1-5-3-11(2)4-6(5)7-9-10-8(12)13-7/h5-6H,3-4H2,1-2H3,(H,10,12)/t5-,6?/m1/s1. The van der Waals surface area contributed by atoms with Gasteiger partial charge in [0.1, 0.15) is 5.01 Å². The van der Waals surface area contributed by atoms with Crippen molar-refractivity contribution in [1.29, 1.82) is 0 Å². The lowest BCUT2D eigenvalue weighted by atomic mass is 9.99. The van der Waals surface area contributed by atoms with Crippen molar-refractivity contribution in [3.8, 4) is 0 Å². The highest BCUT2D eigenvalue weighted by Crippen LogP contribution is 2.30. The molecule has 1 aliphatic heterocycles. The van der Waals surface area contributed by atoms with Gasteiger partial charge in [-0.2, -0.15) is 5.10 Å². The van der Waals surface area contributed by atoms with Gasteiger partial charge in [0.25, 0.3) is 0 Å². The number of likely N-dealkylation sites (N-methyl/N-ethyl adjacent to an activating group) is 1. The van der Waals surface area contributed by atoms with E-state index in [1.807, 2.05) is 0 Å². The van der Waals surface area contributed by atoms with E-state index >= 15 is 0 Å². The zero-order valence-electron chi connectivity index (χ0n) is 7.78. The molecule has 13 heavy (non-hydrogen) atoms. The van der Waals surface area contributed by atoms with E-state index in [4.69, 9.17) is 0 Å². The molecule has 1 saturated heterocycles. The first-order valence-electron chi connectivity index (χ1n) is 4.41. The molecule has 0 radical (unpaired) electrons. The van der Waals surface area contributed by atoms with Crippen molar-refractivity contribution in [1.82, 2.24) is 15.1 Å². The average molecular weight is 199 g/mol. The molecule has 0 aromatic carbocycles. The Kier molecular flexibility index (Phi) is 2.21. The number of hydrogen-bond acceptors (Lipinski definition) is 4. The number of H-pyrrole nitrogens is 1. The Morgan fingerprint density at radius 3 is 2.85 bits per heavy atom. The van der Waals surface area contributed by atoms with Gasteiger partial charge < -0.3 is 4.90 Å². The lowest BCUT2D eigenvalue weighted by Crippen LogP contribution is -2.13. The second-order valence-corrected chi connectivity index (χ2v) is 4.75. The quantitative estimate of drug-likeness (QED) is 0.716. The molecule has 1 aliphatic rings. The summed E-state index contributed by atoms with van der Waals surface area (Å²) in [5.41, 5.74) is 0. The first kappa shape index (κ1) is 8.90. The first-order chi connectivity index (χ1) is 6.16. The maximum absolute atomic E-state index is 10.9. The van der Waals surface area contributed by atoms with Gasteiger partial charge in [-0.25, -0.2) is 5.10 Å². The molecule has 72 valence electrons. The molecule has 4 nitrogen and oxygen atoms in total. The predicted molar refractivity (Wildman–Crippen MR) is 52.1 cm³/mol. The van der Waals surface area contributed by atoms with Gasteiger partial charge in [-0.1, -0.05) is 18.3 Å². The summed E-state index contributed by atoms with van der Waals surface area (Å²) in [5.74, 6) is 1.04. The van der Waals surface area contributed by atoms with E-state index < -0.39 is 0 Å². The van der Waals surface area contributed by atoms with Crippen LogP contribution in [0.5, 0.6) is 0 Å². The first-order valence-corrected chi connectivity index (χ1v) is 5.22. The van der Waals surface area contributed by atoms with Crippen molar-refractivity contribution in [2.75, 3.05) is 20.1 Å². The minimum absolute atomic E-state index is 0.0447. The summed E-state index contributed by atoms with van der Waals surface area (Å²) in [4.78, 5) is 13.2.